The number of carbonyl (C=O) groups is 1. The van der Waals surface area contributed by atoms with Crippen LogP contribution < -0.4 is 9.62 Å². The van der Waals surface area contributed by atoms with E-state index in [1.165, 1.54) is 24.3 Å². The number of hydrogen-bond donors (Lipinski definition) is 1. The van der Waals surface area contributed by atoms with E-state index in [0.717, 1.165) is 37.8 Å². The minimum atomic E-state index is -4.70. The van der Waals surface area contributed by atoms with Gasteiger partial charge in [0.05, 0.1) is 21.2 Å². The van der Waals surface area contributed by atoms with Gasteiger partial charge in [0.15, 0.2) is 0 Å². The molecule has 1 N–H and O–H groups in total. The summed E-state index contributed by atoms with van der Waals surface area (Å²) in [6, 6.07) is 9.61. The van der Waals surface area contributed by atoms with Crippen molar-refractivity contribution in [2.45, 2.75) is 42.8 Å². The van der Waals surface area contributed by atoms with Crippen molar-refractivity contribution < 1.29 is 26.4 Å². The third-order valence-corrected chi connectivity index (χ3v) is 8.34. The Morgan fingerprint density at radius 3 is 2.41 bits per heavy atom. The average molecular weight is 487 g/mol. The van der Waals surface area contributed by atoms with Gasteiger partial charge in [0, 0.05) is 6.04 Å². The van der Waals surface area contributed by atoms with E-state index in [9.17, 15) is 26.4 Å². The molecule has 10 heteroatoms. The van der Waals surface area contributed by atoms with Crippen LogP contribution in [0, 0.1) is 11.8 Å². The summed E-state index contributed by atoms with van der Waals surface area (Å²) in [5.41, 5.74) is -1.45. The number of rotatable bonds is 6. The summed E-state index contributed by atoms with van der Waals surface area (Å²) in [5.74, 6) is 0.350. The Morgan fingerprint density at radius 1 is 1.09 bits per heavy atom. The van der Waals surface area contributed by atoms with Crippen molar-refractivity contribution in [2.24, 2.45) is 11.8 Å². The van der Waals surface area contributed by atoms with Gasteiger partial charge in [-0.15, -0.1) is 0 Å². The number of amides is 1. The fourth-order valence-corrected chi connectivity index (χ4v) is 6.43. The van der Waals surface area contributed by atoms with E-state index in [4.69, 9.17) is 11.6 Å². The first kappa shape index (κ1) is 22.9. The van der Waals surface area contributed by atoms with Crippen LogP contribution in [0.3, 0.4) is 0 Å². The number of benzene rings is 2. The first-order valence-electron chi connectivity index (χ1n) is 10.3. The largest absolute Gasteiger partial charge is 0.416 e. The van der Waals surface area contributed by atoms with Crippen LogP contribution in [-0.2, 0) is 21.0 Å². The first-order chi connectivity index (χ1) is 15.1. The highest BCUT2D eigenvalue weighted by Gasteiger charge is 2.41. The van der Waals surface area contributed by atoms with Gasteiger partial charge in [-0.05, 0) is 61.4 Å². The Morgan fingerprint density at radius 2 is 1.81 bits per heavy atom. The van der Waals surface area contributed by atoms with Crippen molar-refractivity contribution in [2.75, 3.05) is 10.8 Å². The third kappa shape index (κ3) is 4.59. The fraction of sp³-hybridized carbons (Fsp3) is 0.409. The van der Waals surface area contributed by atoms with Crippen molar-refractivity contribution in [3.05, 3.63) is 59.1 Å². The van der Waals surface area contributed by atoms with E-state index >= 15 is 0 Å². The zero-order valence-electron chi connectivity index (χ0n) is 17.0. The molecule has 3 atom stereocenters. The van der Waals surface area contributed by atoms with Crippen LogP contribution in [0.15, 0.2) is 53.4 Å². The maximum Gasteiger partial charge on any atom is 0.416 e. The zero-order valence-corrected chi connectivity index (χ0v) is 18.6. The molecule has 32 heavy (non-hydrogen) atoms. The van der Waals surface area contributed by atoms with Crippen molar-refractivity contribution in [1.29, 1.82) is 0 Å². The Bertz CT molecular complexity index is 1110. The van der Waals surface area contributed by atoms with Crippen molar-refractivity contribution in [3.63, 3.8) is 0 Å². The molecule has 2 bridgehead atoms. The molecule has 2 aliphatic carbocycles. The van der Waals surface area contributed by atoms with Gasteiger partial charge in [0.2, 0.25) is 5.91 Å². The molecule has 2 fully saturated rings. The molecule has 0 aliphatic heterocycles. The summed E-state index contributed by atoms with van der Waals surface area (Å²) in [6.45, 7) is -0.674. The Balaban J connectivity index is 1.68. The number of halogens is 4. The lowest BCUT2D eigenvalue weighted by atomic mass is 9.95. The molecule has 0 saturated heterocycles. The lowest BCUT2D eigenvalue weighted by molar-refractivity contribution is -0.137. The van der Waals surface area contributed by atoms with Crippen LogP contribution in [0.25, 0.3) is 0 Å². The predicted molar refractivity (Wildman–Crippen MR) is 115 cm³/mol. The van der Waals surface area contributed by atoms with Crippen LogP contribution in [0.5, 0.6) is 0 Å². The summed E-state index contributed by atoms with van der Waals surface area (Å²) in [7, 11) is -4.36. The highest BCUT2D eigenvalue weighted by Crippen LogP contribution is 2.44. The second-order valence-electron chi connectivity index (χ2n) is 8.34. The predicted octanol–water partition coefficient (Wildman–Crippen LogP) is 4.86. The molecule has 2 aliphatic rings. The molecule has 0 aromatic heterocycles. The maximum atomic E-state index is 13.4. The Labute approximate surface area is 189 Å². The Kier molecular flexibility index (Phi) is 6.15. The number of nitrogens with one attached hydrogen (secondary N) is 1. The number of sulfonamides is 1. The summed E-state index contributed by atoms with van der Waals surface area (Å²) in [6.07, 6.45) is -0.679. The normalized spacial score (nSPS) is 22.7. The van der Waals surface area contributed by atoms with E-state index in [0.29, 0.717) is 22.2 Å². The molecule has 1 amide bonds. The van der Waals surface area contributed by atoms with Gasteiger partial charge in [-0.3, -0.25) is 9.10 Å². The number of nitrogens with zero attached hydrogens (tertiary/aromatic N) is 1. The number of carbonyl (C=O) groups excluding carboxylic acids is 1. The highest BCUT2D eigenvalue weighted by atomic mass is 35.5. The van der Waals surface area contributed by atoms with Gasteiger partial charge in [-0.2, -0.15) is 13.2 Å². The smallest absolute Gasteiger partial charge is 0.352 e. The molecular weight excluding hydrogens is 465 g/mol. The second-order valence-corrected chi connectivity index (χ2v) is 10.6. The van der Waals surface area contributed by atoms with Crippen molar-refractivity contribution in [3.8, 4) is 0 Å². The molecule has 0 heterocycles. The van der Waals surface area contributed by atoms with Gasteiger partial charge in [-0.25, -0.2) is 8.42 Å². The topological polar surface area (TPSA) is 66.5 Å². The number of fused-ring (bicyclic) bond motifs is 2. The molecule has 0 radical (unpaired) electrons. The molecule has 0 spiro atoms. The summed E-state index contributed by atoms with van der Waals surface area (Å²) < 4.78 is 67.3. The molecule has 4 rings (SSSR count). The maximum absolute atomic E-state index is 13.4. The second kappa shape index (κ2) is 8.59. The highest BCUT2D eigenvalue weighted by molar-refractivity contribution is 7.92. The lowest BCUT2D eigenvalue weighted by Gasteiger charge is -2.28. The fourth-order valence-electron chi connectivity index (χ4n) is 4.70. The molecule has 172 valence electrons. The minimum Gasteiger partial charge on any atom is -0.352 e. The van der Waals surface area contributed by atoms with E-state index < -0.39 is 39.9 Å². The summed E-state index contributed by atoms with van der Waals surface area (Å²) in [4.78, 5) is 12.7. The van der Waals surface area contributed by atoms with Gasteiger partial charge in [0.1, 0.15) is 6.54 Å². The first-order valence-corrected chi connectivity index (χ1v) is 12.1. The number of alkyl halides is 3. The Hall–Kier alpha value is -2.26. The zero-order chi connectivity index (χ0) is 23.1. The molecular formula is C22H22ClF3N2O3S. The third-order valence-electron chi connectivity index (χ3n) is 6.25. The lowest BCUT2D eigenvalue weighted by Crippen LogP contribution is -2.46. The quantitative estimate of drug-likeness (QED) is 0.634. The van der Waals surface area contributed by atoms with E-state index in [1.54, 1.807) is 6.07 Å². The van der Waals surface area contributed by atoms with Crippen LogP contribution in [0.1, 0.15) is 31.2 Å². The molecule has 0 unspecified atom stereocenters. The average Bonchev–Trinajstić information content (AvgIpc) is 3.35. The number of hydrogen-bond acceptors (Lipinski definition) is 3. The van der Waals surface area contributed by atoms with Crippen molar-refractivity contribution in [1.82, 2.24) is 5.32 Å². The van der Waals surface area contributed by atoms with Gasteiger partial charge < -0.3 is 5.32 Å². The molecule has 2 aromatic carbocycles. The molecule has 2 aromatic rings. The van der Waals surface area contributed by atoms with Crippen LogP contribution in [0.2, 0.25) is 5.02 Å². The van der Waals surface area contributed by atoms with Gasteiger partial charge >= 0.3 is 6.18 Å². The van der Waals surface area contributed by atoms with Crippen molar-refractivity contribution >= 4 is 33.2 Å². The van der Waals surface area contributed by atoms with E-state index in [1.807, 2.05) is 0 Å². The van der Waals surface area contributed by atoms with Crippen LogP contribution in [-0.4, -0.2) is 26.9 Å². The van der Waals surface area contributed by atoms with Gasteiger partial charge in [0.25, 0.3) is 10.0 Å². The number of anilines is 1. The van der Waals surface area contributed by atoms with E-state index in [2.05, 4.69) is 5.32 Å². The summed E-state index contributed by atoms with van der Waals surface area (Å²) in [5, 5.41) is 2.68. The monoisotopic (exact) mass is 486 g/mol. The standard InChI is InChI=1S/C22H22ClF3N2O3S/c23-18-9-8-16(22(24,25)26)12-20(18)28(32(30,31)17-4-2-1-3-5-17)13-21(29)27-19-11-14-6-7-15(19)10-14/h1-5,8-9,12,14-15,19H,6-7,10-11,13H2,(H,27,29)/t14-,15+,19+/m0/s1. The SMILES string of the molecule is O=C(CN(c1cc(C(F)(F)F)ccc1Cl)S(=O)(=O)c1ccccc1)N[C@@H]1C[C@H]2CC[C@@H]1C2. The molecule has 2 saturated carbocycles. The van der Waals surface area contributed by atoms with E-state index in [-0.39, 0.29) is 16.0 Å². The van der Waals surface area contributed by atoms with Crippen LogP contribution in [0.4, 0.5) is 18.9 Å². The van der Waals surface area contributed by atoms with Crippen LogP contribution >= 0.6 is 11.6 Å². The van der Waals surface area contributed by atoms with Gasteiger partial charge in [-0.1, -0.05) is 36.2 Å². The summed E-state index contributed by atoms with van der Waals surface area (Å²) >= 11 is 6.13. The minimum absolute atomic E-state index is 0.0421. The molecule has 5 nitrogen and oxygen atoms in total.